The Hall–Kier alpha value is -3.55. The molecular formula is C22H14Cl2N2O5. The number of carbonyl (C=O) groups excluding carboxylic acids is 2. The van der Waals surface area contributed by atoms with Crippen LogP contribution in [0.3, 0.4) is 0 Å². The maximum Gasteiger partial charge on any atom is 0.343 e. The van der Waals surface area contributed by atoms with E-state index in [9.17, 15) is 9.59 Å². The van der Waals surface area contributed by atoms with Crippen LogP contribution in [0.4, 0.5) is 0 Å². The minimum absolute atomic E-state index is 0.121. The van der Waals surface area contributed by atoms with Crippen molar-refractivity contribution in [2.45, 2.75) is 0 Å². The first-order valence-corrected chi connectivity index (χ1v) is 9.75. The van der Waals surface area contributed by atoms with Crippen LogP contribution in [0.15, 0.2) is 65.8 Å². The van der Waals surface area contributed by atoms with Gasteiger partial charge < -0.3 is 14.2 Å². The summed E-state index contributed by atoms with van der Waals surface area (Å²) in [5.74, 6) is 0.364. The number of amides is 1. The second-order valence-electron chi connectivity index (χ2n) is 6.35. The Morgan fingerprint density at radius 3 is 2.68 bits per heavy atom. The molecule has 0 radical (unpaired) electrons. The minimum Gasteiger partial charge on any atom is -0.454 e. The predicted molar refractivity (Wildman–Crippen MR) is 115 cm³/mol. The van der Waals surface area contributed by atoms with E-state index in [1.165, 1.54) is 18.3 Å². The number of nitrogens with zero attached hydrogens (tertiary/aromatic N) is 1. The lowest BCUT2D eigenvalue weighted by atomic mass is 10.2. The van der Waals surface area contributed by atoms with E-state index in [1.807, 2.05) is 0 Å². The Morgan fingerprint density at radius 1 is 1.00 bits per heavy atom. The molecule has 3 aromatic carbocycles. The van der Waals surface area contributed by atoms with Crippen molar-refractivity contribution >= 4 is 41.3 Å². The predicted octanol–water partition coefficient (Wildman–Crippen LogP) is 4.71. The summed E-state index contributed by atoms with van der Waals surface area (Å²) in [5, 5.41) is 4.56. The highest BCUT2D eigenvalue weighted by molar-refractivity contribution is 6.36. The molecule has 0 saturated heterocycles. The van der Waals surface area contributed by atoms with Gasteiger partial charge in [0.15, 0.2) is 11.5 Å². The first-order valence-electron chi connectivity index (χ1n) is 9.00. The number of ether oxygens (including phenoxy) is 3. The van der Waals surface area contributed by atoms with Crippen molar-refractivity contribution in [1.82, 2.24) is 5.43 Å². The molecule has 0 aliphatic carbocycles. The smallest absolute Gasteiger partial charge is 0.343 e. The fraction of sp³-hybridized carbons (Fsp3) is 0.0455. The fourth-order valence-electron chi connectivity index (χ4n) is 2.75. The first kappa shape index (κ1) is 20.7. The number of halogens is 2. The maximum atomic E-state index is 12.4. The summed E-state index contributed by atoms with van der Waals surface area (Å²) < 4.78 is 15.9. The van der Waals surface area contributed by atoms with Gasteiger partial charge in [-0.15, -0.1) is 0 Å². The second kappa shape index (κ2) is 9.07. The Morgan fingerprint density at radius 2 is 1.84 bits per heavy atom. The van der Waals surface area contributed by atoms with Crippen LogP contribution in [0, 0.1) is 0 Å². The third-order valence-electron chi connectivity index (χ3n) is 4.23. The van der Waals surface area contributed by atoms with Gasteiger partial charge in [-0.25, -0.2) is 10.2 Å². The van der Waals surface area contributed by atoms with Crippen molar-refractivity contribution in [3.05, 3.63) is 87.4 Å². The summed E-state index contributed by atoms with van der Waals surface area (Å²) in [4.78, 5) is 24.6. The summed E-state index contributed by atoms with van der Waals surface area (Å²) in [6.45, 7) is 0.121. The van der Waals surface area contributed by atoms with Crippen LogP contribution in [-0.2, 0) is 0 Å². The molecule has 0 fully saturated rings. The average Bonchev–Trinajstić information content (AvgIpc) is 3.22. The second-order valence-corrected chi connectivity index (χ2v) is 7.20. The zero-order chi connectivity index (χ0) is 21.8. The van der Waals surface area contributed by atoms with Gasteiger partial charge in [0.05, 0.1) is 22.4 Å². The normalized spacial score (nSPS) is 12.1. The van der Waals surface area contributed by atoms with E-state index in [-0.39, 0.29) is 17.4 Å². The number of rotatable bonds is 5. The summed E-state index contributed by atoms with van der Waals surface area (Å²) >= 11 is 11.8. The van der Waals surface area contributed by atoms with Crippen molar-refractivity contribution in [3.8, 4) is 17.2 Å². The third kappa shape index (κ3) is 4.96. The lowest BCUT2D eigenvalue weighted by Gasteiger charge is -2.06. The molecule has 9 heteroatoms. The molecule has 0 unspecified atom stereocenters. The summed E-state index contributed by atoms with van der Waals surface area (Å²) in [7, 11) is 0. The van der Waals surface area contributed by atoms with Crippen LogP contribution < -0.4 is 19.6 Å². The standard InChI is InChI=1S/C22H14Cl2N2O5/c23-15-5-6-17(18(24)10-15)21(27)26-25-11-13-2-1-3-16(8-13)31-22(28)14-4-7-19-20(9-14)30-12-29-19/h1-11H,12H2,(H,26,27). The number of carbonyl (C=O) groups is 2. The van der Waals surface area contributed by atoms with Crippen molar-refractivity contribution in [1.29, 1.82) is 0 Å². The first-order chi connectivity index (χ1) is 15.0. The fourth-order valence-corrected chi connectivity index (χ4v) is 3.24. The zero-order valence-electron chi connectivity index (χ0n) is 15.8. The number of hydrazone groups is 1. The molecule has 0 atom stereocenters. The highest BCUT2D eigenvalue weighted by Crippen LogP contribution is 2.32. The van der Waals surface area contributed by atoms with Gasteiger partial charge in [-0.1, -0.05) is 35.3 Å². The Labute approximate surface area is 187 Å². The van der Waals surface area contributed by atoms with E-state index < -0.39 is 11.9 Å². The molecule has 1 aliphatic rings. The lowest BCUT2D eigenvalue weighted by Crippen LogP contribution is -2.18. The van der Waals surface area contributed by atoms with Crippen molar-refractivity contribution in [3.63, 3.8) is 0 Å². The van der Waals surface area contributed by atoms with Gasteiger partial charge in [0, 0.05) is 5.02 Å². The molecule has 0 aromatic heterocycles. The van der Waals surface area contributed by atoms with Gasteiger partial charge in [0.1, 0.15) is 5.75 Å². The van der Waals surface area contributed by atoms with E-state index in [4.69, 9.17) is 37.4 Å². The number of hydrogen-bond donors (Lipinski definition) is 1. The average molecular weight is 457 g/mol. The van der Waals surface area contributed by atoms with Crippen molar-refractivity contribution < 1.29 is 23.8 Å². The van der Waals surface area contributed by atoms with Gasteiger partial charge >= 0.3 is 5.97 Å². The van der Waals surface area contributed by atoms with Crippen molar-refractivity contribution in [2.24, 2.45) is 5.10 Å². The summed E-state index contributed by atoms with van der Waals surface area (Å²) in [5.41, 5.74) is 3.57. The molecule has 1 N–H and O–H groups in total. The largest absolute Gasteiger partial charge is 0.454 e. The van der Waals surface area contributed by atoms with Crippen LogP contribution in [-0.4, -0.2) is 24.9 Å². The molecular weight excluding hydrogens is 443 g/mol. The number of nitrogens with one attached hydrogen (secondary N) is 1. The van der Waals surface area contributed by atoms with E-state index in [0.29, 0.717) is 33.4 Å². The molecule has 156 valence electrons. The van der Waals surface area contributed by atoms with Gasteiger partial charge in [-0.05, 0) is 54.1 Å². The van der Waals surface area contributed by atoms with Crippen LogP contribution >= 0.6 is 23.2 Å². The number of hydrogen-bond acceptors (Lipinski definition) is 6. The van der Waals surface area contributed by atoms with E-state index in [1.54, 1.807) is 48.5 Å². The van der Waals surface area contributed by atoms with Crippen LogP contribution in [0.1, 0.15) is 26.3 Å². The molecule has 0 spiro atoms. The van der Waals surface area contributed by atoms with E-state index in [2.05, 4.69) is 10.5 Å². The molecule has 4 rings (SSSR count). The Kier molecular flexibility index (Phi) is 6.06. The number of fused-ring (bicyclic) bond motifs is 1. The van der Waals surface area contributed by atoms with Gasteiger partial charge in [0.2, 0.25) is 6.79 Å². The Balaban J connectivity index is 1.40. The minimum atomic E-state index is -0.543. The monoisotopic (exact) mass is 456 g/mol. The van der Waals surface area contributed by atoms with Gasteiger partial charge in [0.25, 0.3) is 5.91 Å². The summed E-state index contributed by atoms with van der Waals surface area (Å²) in [6.07, 6.45) is 1.42. The van der Waals surface area contributed by atoms with Crippen LogP contribution in [0.25, 0.3) is 0 Å². The molecule has 1 heterocycles. The molecule has 1 amide bonds. The van der Waals surface area contributed by atoms with Crippen molar-refractivity contribution in [2.75, 3.05) is 6.79 Å². The highest BCUT2D eigenvalue weighted by Gasteiger charge is 2.17. The molecule has 1 aliphatic heterocycles. The molecule has 7 nitrogen and oxygen atoms in total. The quantitative estimate of drug-likeness (QED) is 0.260. The molecule has 3 aromatic rings. The topological polar surface area (TPSA) is 86.2 Å². The maximum absolute atomic E-state index is 12.4. The zero-order valence-corrected chi connectivity index (χ0v) is 17.3. The van der Waals surface area contributed by atoms with E-state index >= 15 is 0 Å². The van der Waals surface area contributed by atoms with E-state index in [0.717, 1.165) is 0 Å². The third-order valence-corrected chi connectivity index (χ3v) is 4.78. The lowest BCUT2D eigenvalue weighted by molar-refractivity contribution is 0.0734. The number of esters is 1. The highest BCUT2D eigenvalue weighted by atomic mass is 35.5. The van der Waals surface area contributed by atoms with Crippen LogP contribution in [0.2, 0.25) is 10.0 Å². The Bertz CT molecular complexity index is 1200. The number of benzene rings is 3. The molecule has 0 bridgehead atoms. The summed E-state index contributed by atoms with van der Waals surface area (Å²) in [6, 6.07) is 16.0. The van der Waals surface area contributed by atoms with Gasteiger partial charge in [-0.2, -0.15) is 5.10 Å². The van der Waals surface area contributed by atoms with Gasteiger partial charge in [-0.3, -0.25) is 4.79 Å². The SMILES string of the molecule is O=C(Oc1cccc(C=NNC(=O)c2ccc(Cl)cc2Cl)c1)c1ccc2c(c1)OCO2. The molecule has 0 saturated carbocycles. The molecule has 31 heavy (non-hydrogen) atoms. The van der Waals surface area contributed by atoms with Crippen LogP contribution in [0.5, 0.6) is 17.2 Å².